The zero-order chi connectivity index (χ0) is 20.4. The highest BCUT2D eigenvalue weighted by molar-refractivity contribution is 6.09. The number of benzene rings is 2. The van der Waals surface area contributed by atoms with Crippen molar-refractivity contribution < 1.29 is 23.8 Å². The van der Waals surface area contributed by atoms with Crippen LogP contribution in [-0.4, -0.2) is 36.3 Å². The van der Waals surface area contributed by atoms with Gasteiger partial charge in [-0.3, -0.25) is 4.79 Å². The molecule has 2 aliphatic heterocycles. The summed E-state index contributed by atoms with van der Waals surface area (Å²) in [4.78, 5) is 27.9. The van der Waals surface area contributed by atoms with Gasteiger partial charge in [0.25, 0.3) is 0 Å². The number of hydrogen-bond donors (Lipinski definition) is 0. The van der Waals surface area contributed by atoms with E-state index in [1.165, 1.54) is 0 Å². The van der Waals surface area contributed by atoms with Crippen LogP contribution in [-0.2, 0) is 31.3 Å². The summed E-state index contributed by atoms with van der Waals surface area (Å²) in [6.07, 6.45) is -0.933. The van der Waals surface area contributed by atoms with Gasteiger partial charge in [-0.25, -0.2) is 4.79 Å². The predicted molar refractivity (Wildman–Crippen MR) is 105 cm³/mol. The first-order chi connectivity index (χ1) is 14.1. The molecule has 0 unspecified atom stereocenters. The molecule has 0 bridgehead atoms. The van der Waals surface area contributed by atoms with Crippen LogP contribution in [0.25, 0.3) is 0 Å². The summed E-state index contributed by atoms with van der Waals surface area (Å²) in [6, 6.07) is 16.8. The van der Waals surface area contributed by atoms with E-state index in [1.807, 2.05) is 42.5 Å². The van der Waals surface area contributed by atoms with Crippen LogP contribution in [0, 0.1) is 0 Å². The standard InChI is InChI=1S/C21H21N3O5/c1-3-27-19-22-24(20(26)28-4-2)21(29-19)16-12-8-9-13-17(16)23(18(21)25)14-15-10-6-5-7-11-15/h5-13H,3-4,14H2,1-2H3/t21-/m0/s1. The van der Waals surface area contributed by atoms with Gasteiger partial charge in [0.15, 0.2) is 0 Å². The summed E-state index contributed by atoms with van der Waals surface area (Å²) in [6.45, 7) is 4.17. The summed E-state index contributed by atoms with van der Waals surface area (Å²) >= 11 is 0. The van der Waals surface area contributed by atoms with Crippen LogP contribution in [0.1, 0.15) is 25.0 Å². The molecule has 2 amide bonds. The van der Waals surface area contributed by atoms with Crippen LogP contribution in [0.5, 0.6) is 0 Å². The summed E-state index contributed by atoms with van der Waals surface area (Å²) in [5.41, 5.74) is 0.303. The quantitative estimate of drug-likeness (QED) is 0.794. The van der Waals surface area contributed by atoms with E-state index in [0.717, 1.165) is 10.6 Å². The van der Waals surface area contributed by atoms with Crippen LogP contribution in [0.2, 0.25) is 0 Å². The lowest BCUT2D eigenvalue weighted by atomic mass is 10.0. The van der Waals surface area contributed by atoms with Crippen molar-refractivity contribution in [2.75, 3.05) is 18.1 Å². The molecule has 8 heteroatoms. The minimum atomic E-state index is -1.79. The fourth-order valence-electron chi connectivity index (χ4n) is 3.51. The average Bonchev–Trinajstić information content (AvgIpc) is 3.22. The molecule has 0 aliphatic carbocycles. The monoisotopic (exact) mass is 395 g/mol. The Balaban J connectivity index is 1.79. The highest BCUT2D eigenvalue weighted by Crippen LogP contribution is 2.48. The number of anilines is 1. The Labute approximate surface area is 168 Å². The number of carbonyl (C=O) groups excluding carboxylic acids is 2. The highest BCUT2D eigenvalue weighted by Gasteiger charge is 2.64. The molecular formula is C21H21N3O5. The molecule has 0 saturated heterocycles. The molecular weight excluding hydrogens is 374 g/mol. The van der Waals surface area contributed by atoms with Crippen molar-refractivity contribution in [3.8, 4) is 0 Å². The summed E-state index contributed by atoms with van der Waals surface area (Å²) in [7, 11) is 0. The van der Waals surface area contributed by atoms with Crippen molar-refractivity contribution in [1.29, 1.82) is 0 Å². The predicted octanol–water partition coefficient (Wildman–Crippen LogP) is 3.18. The topological polar surface area (TPSA) is 80.7 Å². The molecule has 0 saturated carbocycles. The molecule has 2 aromatic carbocycles. The molecule has 8 nitrogen and oxygen atoms in total. The summed E-state index contributed by atoms with van der Waals surface area (Å²) in [5, 5.41) is 5.04. The van der Waals surface area contributed by atoms with Crippen LogP contribution >= 0.6 is 0 Å². The second-order valence-corrected chi connectivity index (χ2v) is 6.45. The third-order valence-corrected chi connectivity index (χ3v) is 4.70. The van der Waals surface area contributed by atoms with Crippen LogP contribution in [0.3, 0.4) is 0 Å². The maximum Gasteiger partial charge on any atom is 0.434 e. The van der Waals surface area contributed by atoms with Gasteiger partial charge in [-0.1, -0.05) is 53.6 Å². The number of rotatable bonds is 4. The van der Waals surface area contributed by atoms with Crippen molar-refractivity contribution in [2.24, 2.45) is 5.10 Å². The van der Waals surface area contributed by atoms with Crippen LogP contribution in [0.15, 0.2) is 59.7 Å². The highest BCUT2D eigenvalue weighted by atomic mass is 16.7. The van der Waals surface area contributed by atoms with Gasteiger partial charge in [-0.2, -0.15) is 0 Å². The van der Waals surface area contributed by atoms with Crippen molar-refractivity contribution in [1.82, 2.24) is 5.01 Å². The summed E-state index contributed by atoms with van der Waals surface area (Å²) in [5.74, 6) is -0.436. The Morgan fingerprint density at radius 1 is 1.07 bits per heavy atom. The second-order valence-electron chi connectivity index (χ2n) is 6.45. The maximum atomic E-state index is 13.7. The van der Waals surface area contributed by atoms with E-state index < -0.39 is 17.7 Å². The zero-order valence-electron chi connectivity index (χ0n) is 16.2. The SMILES string of the molecule is CCOC(=O)N1N=C(OCC)O[C@@]12C(=O)N(Cc1ccccc1)c1ccccc12. The average molecular weight is 395 g/mol. The van der Waals surface area contributed by atoms with Crippen molar-refractivity contribution >= 4 is 23.8 Å². The van der Waals surface area contributed by atoms with Gasteiger partial charge in [-0.15, -0.1) is 5.01 Å². The lowest BCUT2D eigenvalue weighted by Crippen LogP contribution is -2.52. The van der Waals surface area contributed by atoms with E-state index in [9.17, 15) is 9.59 Å². The van der Waals surface area contributed by atoms with E-state index in [-0.39, 0.29) is 19.3 Å². The van der Waals surface area contributed by atoms with Gasteiger partial charge in [-0.05, 0) is 25.5 Å². The maximum absolute atomic E-state index is 13.7. The molecule has 4 rings (SSSR count). The van der Waals surface area contributed by atoms with Gasteiger partial charge in [0.05, 0.1) is 31.0 Å². The number of hydrazone groups is 1. The molecule has 1 atom stereocenters. The molecule has 0 aromatic heterocycles. The molecule has 2 heterocycles. The Bertz CT molecular complexity index is 962. The number of carbonyl (C=O) groups is 2. The first-order valence-electron chi connectivity index (χ1n) is 9.44. The summed E-state index contributed by atoms with van der Waals surface area (Å²) < 4.78 is 16.4. The Hall–Kier alpha value is -3.55. The van der Waals surface area contributed by atoms with E-state index in [1.54, 1.807) is 30.9 Å². The molecule has 0 radical (unpaired) electrons. The first-order valence-corrected chi connectivity index (χ1v) is 9.44. The van der Waals surface area contributed by atoms with Crippen molar-refractivity contribution in [3.05, 3.63) is 65.7 Å². The Kier molecular flexibility index (Phi) is 4.84. The number of para-hydroxylation sites is 1. The molecule has 1 spiro atoms. The Morgan fingerprint density at radius 2 is 1.79 bits per heavy atom. The molecule has 0 N–H and O–H groups in total. The molecule has 2 aliphatic rings. The largest absolute Gasteiger partial charge is 0.450 e. The van der Waals surface area contributed by atoms with Crippen LogP contribution < -0.4 is 4.90 Å². The first kappa shape index (κ1) is 18.8. The number of ether oxygens (including phenoxy) is 3. The minimum Gasteiger partial charge on any atom is -0.450 e. The number of hydrogen-bond acceptors (Lipinski definition) is 6. The second kappa shape index (κ2) is 7.46. The lowest BCUT2D eigenvalue weighted by Gasteiger charge is -2.28. The number of fused-ring (bicyclic) bond motifs is 2. The van der Waals surface area contributed by atoms with E-state index in [2.05, 4.69) is 5.10 Å². The minimum absolute atomic E-state index is 0.133. The van der Waals surface area contributed by atoms with Gasteiger partial charge in [0.2, 0.25) is 0 Å². The lowest BCUT2D eigenvalue weighted by molar-refractivity contribution is -0.149. The van der Waals surface area contributed by atoms with E-state index >= 15 is 0 Å². The number of nitrogens with zero attached hydrogens (tertiary/aromatic N) is 3. The van der Waals surface area contributed by atoms with Gasteiger partial charge >= 0.3 is 23.8 Å². The Morgan fingerprint density at radius 3 is 2.52 bits per heavy atom. The van der Waals surface area contributed by atoms with Crippen molar-refractivity contribution in [3.63, 3.8) is 0 Å². The molecule has 29 heavy (non-hydrogen) atoms. The fraction of sp³-hybridized carbons (Fsp3) is 0.286. The van der Waals surface area contributed by atoms with Crippen LogP contribution in [0.4, 0.5) is 10.5 Å². The van der Waals surface area contributed by atoms with Gasteiger partial charge in [0, 0.05) is 0 Å². The molecule has 150 valence electrons. The van der Waals surface area contributed by atoms with E-state index in [4.69, 9.17) is 14.2 Å². The third kappa shape index (κ3) is 2.97. The molecule has 2 aromatic rings. The third-order valence-electron chi connectivity index (χ3n) is 4.70. The molecule has 0 fully saturated rings. The zero-order valence-corrected chi connectivity index (χ0v) is 16.2. The number of amides is 2. The van der Waals surface area contributed by atoms with E-state index in [0.29, 0.717) is 17.8 Å². The van der Waals surface area contributed by atoms with Gasteiger partial charge in [0.1, 0.15) is 0 Å². The fourth-order valence-corrected chi connectivity index (χ4v) is 3.51. The van der Waals surface area contributed by atoms with Gasteiger partial charge < -0.3 is 19.1 Å². The normalized spacial score (nSPS) is 19.8. The smallest absolute Gasteiger partial charge is 0.434 e. The van der Waals surface area contributed by atoms with Crippen molar-refractivity contribution in [2.45, 2.75) is 26.1 Å².